The monoisotopic (exact) mass is 220 g/mol. The van der Waals surface area contributed by atoms with Crippen molar-refractivity contribution in [3.8, 4) is 0 Å². The summed E-state index contributed by atoms with van der Waals surface area (Å²) in [5, 5.41) is 0. The van der Waals surface area contributed by atoms with E-state index in [0.717, 1.165) is 5.92 Å². The molecule has 1 saturated carbocycles. The van der Waals surface area contributed by atoms with E-state index in [4.69, 9.17) is 0 Å². The molecule has 0 radical (unpaired) electrons. The summed E-state index contributed by atoms with van der Waals surface area (Å²) in [6, 6.07) is 0. The summed E-state index contributed by atoms with van der Waals surface area (Å²) >= 11 is 0. The second-order valence-corrected chi connectivity index (χ2v) is 7.63. The van der Waals surface area contributed by atoms with Crippen molar-refractivity contribution in [3.05, 3.63) is 11.6 Å². The van der Waals surface area contributed by atoms with Gasteiger partial charge in [0.2, 0.25) is 0 Å². The van der Waals surface area contributed by atoms with Gasteiger partial charge in [0, 0.05) is 0 Å². The van der Waals surface area contributed by atoms with Crippen LogP contribution >= 0.6 is 0 Å². The molecule has 0 amide bonds. The van der Waals surface area contributed by atoms with Gasteiger partial charge in [0.25, 0.3) is 0 Å². The molecule has 0 heterocycles. The first-order valence-corrected chi connectivity index (χ1v) is 6.91. The van der Waals surface area contributed by atoms with Gasteiger partial charge in [-0.05, 0) is 47.8 Å². The van der Waals surface area contributed by atoms with Gasteiger partial charge in [-0.25, -0.2) is 0 Å². The van der Waals surface area contributed by atoms with Crippen LogP contribution in [0.15, 0.2) is 11.6 Å². The lowest BCUT2D eigenvalue weighted by Gasteiger charge is -2.61. The van der Waals surface area contributed by atoms with Gasteiger partial charge in [0.15, 0.2) is 0 Å². The van der Waals surface area contributed by atoms with Crippen molar-refractivity contribution in [2.45, 2.75) is 67.2 Å². The second-order valence-electron chi connectivity index (χ2n) is 7.63. The molecule has 0 saturated heterocycles. The minimum Gasteiger partial charge on any atom is -0.0845 e. The molecule has 16 heavy (non-hydrogen) atoms. The van der Waals surface area contributed by atoms with Gasteiger partial charge in [-0.1, -0.05) is 53.2 Å². The Kier molecular flexibility index (Phi) is 2.57. The van der Waals surface area contributed by atoms with Crippen molar-refractivity contribution in [1.29, 1.82) is 0 Å². The first-order valence-electron chi connectivity index (χ1n) is 6.91. The molecule has 0 bridgehead atoms. The van der Waals surface area contributed by atoms with Gasteiger partial charge in [-0.3, -0.25) is 0 Å². The minimum atomic E-state index is 0.361. The van der Waals surface area contributed by atoms with Crippen LogP contribution in [0.3, 0.4) is 0 Å². The molecule has 2 aliphatic rings. The average molecular weight is 220 g/mol. The van der Waals surface area contributed by atoms with Gasteiger partial charge in [0.05, 0.1) is 0 Å². The summed E-state index contributed by atoms with van der Waals surface area (Å²) in [5.41, 5.74) is 2.97. The molecular formula is C16H28. The number of fused-ring (bicyclic) bond motifs is 1. The van der Waals surface area contributed by atoms with Gasteiger partial charge >= 0.3 is 0 Å². The predicted octanol–water partition coefficient (Wildman–Crippen LogP) is 5.20. The highest BCUT2D eigenvalue weighted by molar-refractivity contribution is 5.27. The number of hydrogen-bond acceptors (Lipinski definition) is 0. The van der Waals surface area contributed by atoms with Crippen molar-refractivity contribution in [2.75, 3.05) is 0 Å². The topological polar surface area (TPSA) is 0 Å². The Bertz CT molecular complexity index is 315. The molecule has 0 aromatic carbocycles. The van der Waals surface area contributed by atoms with Crippen molar-refractivity contribution in [3.63, 3.8) is 0 Å². The highest BCUT2D eigenvalue weighted by Crippen LogP contribution is 2.64. The van der Waals surface area contributed by atoms with E-state index in [1.54, 1.807) is 5.57 Å². The Morgan fingerprint density at radius 1 is 1.06 bits per heavy atom. The van der Waals surface area contributed by atoms with Gasteiger partial charge in [-0.15, -0.1) is 0 Å². The second kappa shape index (κ2) is 3.37. The summed E-state index contributed by atoms with van der Waals surface area (Å²) in [6.07, 6.45) is 8.09. The molecule has 0 heteroatoms. The van der Waals surface area contributed by atoms with E-state index in [-0.39, 0.29) is 0 Å². The molecule has 0 aliphatic heterocycles. The Labute approximate surface area is 102 Å². The third-order valence-electron chi connectivity index (χ3n) is 6.29. The maximum Gasteiger partial charge on any atom is -0.00857 e. The zero-order valence-electron chi connectivity index (χ0n) is 12.0. The Hall–Kier alpha value is -0.260. The molecule has 0 N–H and O–H groups in total. The molecule has 0 nitrogen and oxygen atoms in total. The van der Waals surface area contributed by atoms with E-state index in [1.165, 1.54) is 25.7 Å². The third kappa shape index (κ3) is 1.41. The molecule has 0 spiro atoms. The highest BCUT2D eigenvalue weighted by atomic mass is 14.6. The Morgan fingerprint density at radius 2 is 1.69 bits per heavy atom. The van der Waals surface area contributed by atoms with Crippen LogP contribution in [-0.4, -0.2) is 0 Å². The van der Waals surface area contributed by atoms with E-state index >= 15 is 0 Å². The molecule has 1 unspecified atom stereocenters. The minimum absolute atomic E-state index is 0.361. The average Bonchev–Trinajstić information content (AvgIpc) is 2.15. The van der Waals surface area contributed by atoms with Gasteiger partial charge < -0.3 is 0 Å². The smallest absolute Gasteiger partial charge is 0.00857 e. The van der Waals surface area contributed by atoms with Crippen molar-refractivity contribution in [1.82, 2.24) is 0 Å². The zero-order chi connectivity index (χ0) is 12.2. The summed E-state index contributed by atoms with van der Waals surface area (Å²) in [7, 11) is 0. The van der Waals surface area contributed by atoms with Crippen LogP contribution < -0.4 is 0 Å². The van der Waals surface area contributed by atoms with Crippen molar-refractivity contribution >= 4 is 0 Å². The van der Waals surface area contributed by atoms with Crippen LogP contribution in [0.1, 0.15) is 67.2 Å². The molecule has 92 valence electrons. The summed E-state index contributed by atoms with van der Waals surface area (Å²) in [5.74, 6) is 0.867. The zero-order valence-corrected chi connectivity index (χ0v) is 12.0. The lowest BCUT2D eigenvalue weighted by atomic mass is 9.44. The first kappa shape index (κ1) is 12.2. The molecule has 2 aliphatic carbocycles. The van der Waals surface area contributed by atoms with E-state index in [9.17, 15) is 0 Å². The van der Waals surface area contributed by atoms with Crippen LogP contribution in [0, 0.1) is 22.2 Å². The fraction of sp³-hybridized carbons (Fsp3) is 0.875. The Morgan fingerprint density at radius 3 is 2.31 bits per heavy atom. The highest BCUT2D eigenvalue weighted by Gasteiger charge is 2.55. The number of hydrogen-bond donors (Lipinski definition) is 0. The van der Waals surface area contributed by atoms with Crippen molar-refractivity contribution < 1.29 is 0 Å². The summed E-state index contributed by atoms with van der Waals surface area (Å²) < 4.78 is 0. The molecule has 0 aromatic heterocycles. The molecule has 1 fully saturated rings. The molecule has 2 rings (SSSR count). The molecule has 0 aromatic rings. The largest absolute Gasteiger partial charge is 0.0845 e. The van der Waals surface area contributed by atoms with E-state index < -0.39 is 0 Å². The Balaban J connectivity index is 2.48. The first-order chi connectivity index (χ1) is 7.20. The van der Waals surface area contributed by atoms with E-state index in [2.05, 4.69) is 47.6 Å². The van der Waals surface area contributed by atoms with Gasteiger partial charge in [-0.2, -0.15) is 0 Å². The van der Waals surface area contributed by atoms with Crippen molar-refractivity contribution in [2.24, 2.45) is 22.2 Å². The van der Waals surface area contributed by atoms with Crippen LogP contribution in [0.4, 0.5) is 0 Å². The fourth-order valence-corrected chi connectivity index (χ4v) is 4.00. The lowest BCUT2D eigenvalue weighted by molar-refractivity contribution is -0.0511. The standard InChI is InChI=1S/C16H28/c1-14(2)11-12-9-7-8-10-13(12)15(3,4)16(14,5)6/h10,12H,7-9,11H2,1-6H3. The number of allylic oxidation sites excluding steroid dienone is 2. The van der Waals surface area contributed by atoms with E-state index in [1.807, 2.05) is 0 Å². The fourth-order valence-electron chi connectivity index (χ4n) is 4.00. The van der Waals surface area contributed by atoms with Crippen LogP contribution in [-0.2, 0) is 0 Å². The normalized spacial score (nSPS) is 35.1. The quantitative estimate of drug-likeness (QED) is 0.492. The molecular weight excluding hydrogens is 192 g/mol. The maximum atomic E-state index is 2.56. The van der Waals surface area contributed by atoms with Crippen LogP contribution in [0.25, 0.3) is 0 Å². The van der Waals surface area contributed by atoms with Gasteiger partial charge in [0.1, 0.15) is 0 Å². The van der Waals surface area contributed by atoms with E-state index in [0.29, 0.717) is 16.2 Å². The number of rotatable bonds is 0. The summed E-state index contributed by atoms with van der Waals surface area (Å²) in [6.45, 7) is 14.8. The third-order valence-corrected chi connectivity index (χ3v) is 6.29. The van der Waals surface area contributed by atoms with Crippen LogP contribution in [0.2, 0.25) is 0 Å². The maximum absolute atomic E-state index is 2.56. The lowest BCUT2D eigenvalue weighted by Crippen LogP contribution is -2.52. The SMILES string of the molecule is CC1(C)CC2CCCC=C2C(C)(C)C1(C)C. The molecule has 1 atom stereocenters. The van der Waals surface area contributed by atoms with Crippen LogP contribution in [0.5, 0.6) is 0 Å². The predicted molar refractivity (Wildman–Crippen MR) is 71.4 cm³/mol. The summed E-state index contributed by atoms with van der Waals surface area (Å²) in [4.78, 5) is 0.